The molecular formula is C10H10N2. The van der Waals surface area contributed by atoms with E-state index in [4.69, 9.17) is 0 Å². The number of aliphatic imine (C=N–C) groups is 1. The van der Waals surface area contributed by atoms with Gasteiger partial charge in [-0.1, -0.05) is 18.7 Å². The molecule has 0 bridgehead atoms. The molecule has 0 atom stereocenters. The van der Waals surface area contributed by atoms with Gasteiger partial charge < -0.3 is 0 Å². The van der Waals surface area contributed by atoms with Gasteiger partial charge in [0.1, 0.15) is 0 Å². The van der Waals surface area contributed by atoms with Gasteiger partial charge in [-0.3, -0.25) is 9.98 Å². The minimum atomic E-state index is 0.853. The summed E-state index contributed by atoms with van der Waals surface area (Å²) in [7, 11) is 0. The Morgan fingerprint density at radius 3 is 3.00 bits per heavy atom. The number of rotatable bonds is 3. The van der Waals surface area contributed by atoms with Crippen molar-refractivity contribution in [1.29, 1.82) is 0 Å². The van der Waals surface area contributed by atoms with Crippen molar-refractivity contribution in [2.24, 2.45) is 4.99 Å². The molecule has 0 aliphatic heterocycles. The van der Waals surface area contributed by atoms with Crippen molar-refractivity contribution >= 4 is 6.21 Å². The Kier molecular flexibility index (Phi) is 3.51. The standard InChI is InChI=1S/C10H10N2/c1-2-3-7-11-9-10-6-4-5-8-12-10/h2-9H,1H2/b7-3-,11-9?. The first-order valence-corrected chi connectivity index (χ1v) is 3.65. The minimum absolute atomic E-state index is 0.853. The molecule has 0 amide bonds. The molecule has 0 aromatic carbocycles. The van der Waals surface area contributed by atoms with E-state index in [1.165, 1.54) is 0 Å². The Morgan fingerprint density at radius 1 is 1.42 bits per heavy atom. The van der Waals surface area contributed by atoms with E-state index in [0.717, 1.165) is 5.69 Å². The molecule has 0 saturated heterocycles. The predicted molar refractivity (Wildman–Crippen MR) is 51.2 cm³/mol. The highest BCUT2D eigenvalue weighted by atomic mass is 14.7. The molecular weight excluding hydrogens is 148 g/mol. The van der Waals surface area contributed by atoms with Gasteiger partial charge in [0.25, 0.3) is 0 Å². The molecule has 1 rings (SSSR count). The first-order valence-electron chi connectivity index (χ1n) is 3.65. The van der Waals surface area contributed by atoms with Crippen LogP contribution < -0.4 is 0 Å². The van der Waals surface area contributed by atoms with Crippen molar-refractivity contribution in [3.05, 3.63) is 55.0 Å². The Morgan fingerprint density at radius 2 is 2.33 bits per heavy atom. The zero-order valence-corrected chi connectivity index (χ0v) is 6.72. The average molecular weight is 158 g/mol. The van der Waals surface area contributed by atoms with Crippen LogP contribution in [0.2, 0.25) is 0 Å². The Balaban J connectivity index is 2.58. The highest BCUT2D eigenvalue weighted by Crippen LogP contribution is 1.88. The summed E-state index contributed by atoms with van der Waals surface area (Å²) in [6.07, 6.45) is 8.54. The van der Waals surface area contributed by atoms with Crippen LogP contribution in [0.4, 0.5) is 0 Å². The Hall–Kier alpha value is -1.70. The van der Waals surface area contributed by atoms with Crippen LogP contribution in [-0.4, -0.2) is 11.2 Å². The quantitative estimate of drug-likeness (QED) is 0.489. The van der Waals surface area contributed by atoms with E-state index in [2.05, 4.69) is 16.6 Å². The normalized spacial score (nSPS) is 11.0. The monoisotopic (exact) mass is 158 g/mol. The second-order valence-corrected chi connectivity index (χ2v) is 2.11. The fourth-order valence-corrected chi connectivity index (χ4v) is 0.682. The average Bonchev–Trinajstić information content (AvgIpc) is 2.14. The second-order valence-electron chi connectivity index (χ2n) is 2.11. The van der Waals surface area contributed by atoms with Gasteiger partial charge in [0.05, 0.1) is 11.9 Å². The topological polar surface area (TPSA) is 25.2 Å². The van der Waals surface area contributed by atoms with Gasteiger partial charge in [-0.05, 0) is 18.2 Å². The minimum Gasteiger partial charge on any atom is -0.262 e. The van der Waals surface area contributed by atoms with Gasteiger partial charge >= 0.3 is 0 Å². The molecule has 0 saturated carbocycles. The zero-order valence-electron chi connectivity index (χ0n) is 6.72. The first kappa shape index (κ1) is 8.40. The molecule has 0 radical (unpaired) electrons. The van der Waals surface area contributed by atoms with Gasteiger partial charge in [-0.15, -0.1) is 0 Å². The number of allylic oxidation sites excluding steroid dienone is 2. The highest BCUT2D eigenvalue weighted by molar-refractivity contribution is 5.77. The van der Waals surface area contributed by atoms with Gasteiger partial charge in [-0.2, -0.15) is 0 Å². The zero-order chi connectivity index (χ0) is 8.65. The van der Waals surface area contributed by atoms with Crippen molar-refractivity contribution in [3.63, 3.8) is 0 Å². The molecule has 1 aromatic rings. The van der Waals surface area contributed by atoms with E-state index in [-0.39, 0.29) is 0 Å². The lowest BCUT2D eigenvalue weighted by Crippen LogP contribution is -1.82. The van der Waals surface area contributed by atoms with E-state index in [1.54, 1.807) is 30.8 Å². The van der Waals surface area contributed by atoms with Crippen LogP contribution in [0.5, 0.6) is 0 Å². The molecule has 12 heavy (non-hydrogen) atoms. The predicted octanol–water partition coefficient (Wildman–Crippen LogP) is 2.20. The molecule has 0 N–H and O–H groups in total. The number of hydrogen-bond acceptors (Lipinski definition) is 2. The molecule has 0 aliphatic carbocycles. The summed E-state index contributed by atoms with van der Waals surface area (Å²) in [4.78, 5) is 8.06. The van der Waals surface area contributed by atoms with Gasteiger partial charge in [0, 0.05) is 12.4 Å². The van der Waals surface area contributed by atoms with Crippen LogP contribution >= 0.6 is 0 Å². The lowest BCUT2D eigenvalue weighted by Gasteiger charge is -1.86. The van der Waals surface area contributed by atoms with Crippen LogP contribution in [-0.2, 0) is 0 Å². The third-order valence-electron chi connectivity index (χ3n) is 1.20. The largest absolute Gasteiger partial charge is 0.262 e. The van der Waals surface area contributed by atoms with Crippen LogP contribution in [0.25, 0.3) is 0 Å². The first-order chi connectivity index (χ1) is 5.93. The maximum absolute atomic E-state index is 4.07. The summed E-state index contributed by atoms with van der Waals surface area (Å²) in [5, 5.41) is 0. The molecule has 60 valence electrons. The molecule has 2 nitrogen and oxygen atoms in total. The smallest absolute Gasteiger partial charge is 0.0812 e. The summed E-state index contributed by atoms with van der Waals surface area (Å²) < 4.78 is 0. The fraction of sp³-hybridized carbons (Fsp3) is 0. The highest BCUT2D eigenvalue weighted by Gasteiger charge is 1.81. The third kappa shape index (κ3) is 2.92. The second kappa shape index (κ2) is 5.02. The molecule has 1 aromatic heterocycles. The van der Waals surface area contributed by atoms with Crippen molar-refractivity contribution in [2.75, 3.05) is 0 Å². The van der Waals surface area contributed by atoms with Crippen molar-refractivity contribution in [1.82, 2.24) is 4.98 Å². The van der Waals surface area contributed by atoms with E-state index in [1.807, 2.05) is 18.2 Å². The van der Waals surface area contributed by atoms with Gasteiger partial charge in [0.15, 0.2) is 0 Å². The Labute approximate surface area is 72.0 Å². The molecule has 1 heterocycles. The maximum atomic E-state index is 4.07. The third-order valence-corrected chi connectivity index (χ3v) is 1.20. The SMILES string of the molecule is C=C/C=C\N=Cc1ccccn1. The van der Waals surface area contributed by atoms with Crippen molar-refractivity contribution in [2.45, 2.75) is 0 Å². The lowest BCUT2D eigenvalue weighted by molar-refractivity contribution is 1.30. The van der Waals surface area contributed by atoms with Crippen LogP contribution in [0.1, 0.15) is 5.69 Å². The van der Waals surface area contributed by atoms with Gasteiger partial charge in [-0.25, -0.2) is 0 Å². The molecule has 0 aliphatic rings. The summed E-state index contributed by atoms with van der Waals surface area (Å²) in [6, 6.07) is 5.69. The van der Waals surface area contributed by atoms with E-state index in [0.29, 0.717) is 0 Å². The summed E-state index contributed by atoms with van der Waals surface area (Å²) in [6.45, 7) is 3.53. The lowest BCUT2D eigenvalue weighted by atomic mass is 10.4. The van der Waals surface area contributed by atoms with Crippen LogP contribution in [0, 0.1) is 0 Å². The molecule has 0 spiro atoms. The number of aromatic nitrogens is 1. The number of hydrogen-bond donors (Lipinski definition) is 0. The molecule has 0 fully saturated rings. The number of nitrogens with zero attached hydrogens (tertiary/aromatic N) is 2. The van der Waals surface area contributed by atoms with Crippen molar-refractivity contribution < 1.29 is 0 Å². The maximum Gasteiger partial charge on any atom is 0.0812 e. The van der Waals surface area contributed by atoms with E-state index >= 15 is 0 Å². The summed E-state index contributed by atoms with van der Waals surface area (Å²) in [5.41, 5.74) is 0.853. The van der Waals surface area contributed by atoms with Crippen LogP contribution in [0.3, 0.4) is 0 Å². The van der Waals surface area contributed by atoms with E-state index < -0.39 is 0 Å². The Bertz CT molecular complexity index is 286. The summed E-state index contributed by atoms with van der Waals surface area (Å²) >= 11 is 0. The molecule has 0 unspecified atom stereocenters. The van der Waals surface area contributed by atoms with Gasteiger partial charge in [0.2, 0.25) is 0 Å². The van der Waals surface area contributed by atoms with E-state index in [9.17, 15) is 0 Å². The van der Waals surface area contributed by atoms with Crippen LogP contribution in [0.15, 0.2) is 54.3 Å². The molecule has 2 heteroatoms. The number of pyridine rings is 1. The fourth-order valence-electron chi connectivity index (χ4n) is 0.682. The van der Waals surface area contributed by atoms with Crippen molar-refractivity contribution in [3.8, 4) is 0 Å². The summed E-state index contributed by atoms with van der Waals surface area (Å²) in [5.74, 6) is 0.